The number of hydrogen-bond donors (Lipinski definition) is 1. The average Bonchev–Trinajstić information content (AvgIpc) is 2.43. The van der Waals surface area contributed by atoms with Crippen LogP contribution in [0, 0.1) is 6.92 Å². The molecule has 0 atom stereocenters. The first-order chi connectivity index (χ1) is 9.50. The molecule has 0 aliphatic heterocycles. The lowest BCUT2D eigenvalue weighted by molar-refractivity contribution is 0.0784. The van der Waals surface area contributed by atoms with Gasteiger partial charge in [0, 0.05) is 29.9 Å². The fraction of sp³-hybridized carbons (Fsp3) is 0.188. The van der Waals surface area contributed by atoms with Gasteiger partial charge in [0.2, 0.25) is 0 Å². The molecule has 0 spiro atoms. The van der Waals surface area contributed by atoms with Crippen LogP contribution in [-0.4, -0.2) is 17.9 Å². The third-order valence-electron chi connectivity index (χ3n) is 3.32. The summed E-state index contributed by atoms with van der Waals surface area (Å²) in [6.07, 6.45) is 0. The molecule has 2 aromatic rings. The maximum absolute atomic E-state index is 12.5. The molecule has 0 fully saturated rings. The van der Waals surface area contributed by atoms with Crippen LogP contribution >= 0.6 is 11.6 Å². The van der Waals surface area contributed by atoms with E-state index in [-0.39, 0.29) is 5.91 Å². The summed E-state index contributed by atoms with van der Waals surface area (Å²) in [6, 6.07) is 12.9. The zero-order chi connectivity index (χ0) is 14.7. The Morgan fingerprint density at radius 2 is 1.90 bits per heavy atom. The molecule has 1 amide bonds. The molecule has 0 bridgehead atoms. The van der Waals surface area contributed by atoms with Crippen molar-refractivity contribution in [2.75, 3.05) is 12.8 Å². The number of hydrogen-bond acceptors (Lipinski definition) is 2. The quantitative estimate of drug-likeness (QED) is 0.879. The van der Waals surface area contributed by atoms with Gasteiger partial charge in [-0.25, -0.2) is 0 Å². The number of anilines is 1. The highest BCUT2D eigenvalue weighted by Gasteiger charge is 2.16. The topological polar surface area (TPSA) is 46.3 Å². The third-order valence-corrected chi connectivity index (χ3v) is 3.69. The maximum Gasteiger partial charge on any atom is 0.254 e. The molecule has 0 aliphatic rings. The van der Waals surface area contributed by atoms with Crippen molar-refractivity contribution in [2.24, 2.45) is 0 Å². The Morgan fingerprint density at radius 1 is 1.20 bits per heavy atom. The number of carbonyl (C=O) groups is 1. The minimum absolute atomic E-state index is 0.0604. The Bertz CT molecular complexity index is 640. The van der Waals surface area contributed by atoms with Crippen molar-refractivity contribution < 1.29 is 4.79 Å². The number of nitrogens with zero attached hydrogens (tertiary/aromatic N) is 1. The summed E-state index contributed by atoms with van der Waals surface area (Å²) in [5, 5.41) is 0.663. The van der Waals surface area contributed by atoms with E-state index in [1.54, 1.807) is 30.1 Å². The Hall–Kier alpha value is -2.00. The van der Waals surface area contributed by atoms with Crippen molar-refractivity contribution in [3.8, 4) is 0 Å². The SMILES string of the molecule is Cc1c(N)cccc1C(=O)N(C)Cc1ccccc1Cl. The molecule has 0 aliphatic carbocycles. The Labute approximate surface area is 124 Å². The van der Waals surface area contributed by atoms with Gasteiger partial charge in [-0.15, -0.1) is 0 Å². The number of benzene rings is 2. The normalized spacial score (nSPS) is 10.3. The number of nitrogen functional groups attached to an aromatic ring is 1. The number of halogens is 1. The minimum Gasteiger partial charge on any atom is -0.398 e. The second-order valence-corrected chi connectivity index (χ2v) is 5.18. The molecule has 3 nitrogen and oxygen atoms in total. The van der Waals surface area contributed by atoms with Gasteiger partial charge in [0.25, 0.3) is 5.91 Å². The van der Waals surface area contributed by atoms with Crippen LogP contribution in [0.4, 0.5) is 5.69 Å². The zero-order valence-electron chi connectivity index (χ0n) is 11.6. The standard InChI is InChI=1S/C16H17ClN2O/c1-11-13(7-5-9-15(11)18)16(20)19(2)10-12-6-3-4-8-14(12)17/h3-9H,10,18H2,1-2H3. The lowest BCUT2D eigenvalue weighted by Gasteiger charge is -2.19. The van der Waals surface area contributed by atoms with Crippen molar-refractivity contribution in [1.82, 2.24) is 4.90 Å². The minimum atomic E-state index is -0.0604. The van der Waals surface area contributed by atoms with Gasteiger partial charge < -0.3 is 10.6 Å². The van der Waals surface area contributed by atoms with Crippen molar-refractivity contribution in [3.05, 3.63) is 64.2 Å². The Morgan fingerprint density at radius 3 is 2.60 bits per heavy atom. The van der Waals surface area contributed by atoms with E-state index < -0.39 is 0 Å². The largest absolute Gasteiger partial charge is 0.398 e. The van der Waals surface area contributed by atoms with Crippen molar-refractivity contribution in [1.29, 1.82) is 0 Å². The first-order valence-corrected chi connectivity index (χ1v) is 6.72. The van der Waals surface area contributed by atoms with Gasteiger partial charge in [0.05, 0.1) is 0 Å². The van der Waals surface area contributed by atoms with Gasteiger partial charge >= 0.3 is 0 Å². The Kier molecular flexibility index (Phi) is 4.30. The van der Waals surface area contributed by atoms with E-state index in [2.05, 4.69) is 0 Å². The highest BCUT2D eigenvalue weighted by molar-refractivity contribution is 6.31. The maximum atomic E-state index is 12.5. The molecule has 2 N–H and O–H groups in total. The second-order valence-electron chi connectivity index (χ2n) is 4.77. The third kappa shape index (κ3) is 2.94. The summed E-state index contributed by atoms with van der Waals surface area (Å²) < 4.78 is 0. The van der Waals surface area contributed by atoms with E-state index in [9.17, 15) is 4.79 Å². The fourth-order valence-electron chi connectivity index (χ4n) is 2.04. The monoisotopic (exact) mass is 288 g/mol. The van der Waals surface area contributed by atoms with Gasteiger partial charge in [-0.2, -0.15) is 0 Å². The van der Waals surface area contributed by atoms with E-state index >= 15 is 0 Å². The molecule has 0 saturated heterocycles. The molecule has 0 heterocycles. The van der Waals surface area contributed by atoms with E-state index in [1.165, 1.54) is 0 Å². The molecule has 2 aromatic carbocycles. The second kappa shape index (κ2) is 5.97. The molecule has 0 aromatic heterocycles. The van der Waals surface area contributed by atoms with Gasteiger partial charge in [-0.3, -0.25) is 4.79 Å². The molecular formula is C16H17ClN2O. The number of amides is 1. The molecule has 2 rings (SSSR count). The summed E-state index contributed by atoms with van der Waals surface area (Å²) in [6.45, 7) is 2.32. The predicted molar refractivity (Wildman–Crippen MR) is 82.8 cm³/mol. The van der Waals surface area contributed by atoms with Crippen molar-refractivity contribution in [2.45, 2.75) is 13.5 Å². The molecule has 20 heavy (non-hydrogen) atoms. The van der Waals surface area contributed by atoms with E-state index in [4.69, 9.17) is 17.3 Å². The van der Waals surface area contributed by atoms with Crippen LogP contribution in [0.25, 0.3) is 0 Å². The van der Waals surface area contributed by atoms with Crippen LogP contribution in [0.5, 0.6) is 0 Å². The number of carbonyl (C=O) groups excluding carboxylic acids is 1. The fourth-order valence-corrected chi connectivity index (χ4v) is 2.24. The summed E-state index contributed by atoms with van der Waals surface area (Å²) in [7, 11) is 1.76. The smallest absolute Gasteiger partial charge is 0.254 e. The summed E-state index contributed by atoms with van der Waals surface area (Å²) in [4.78, 5) is 14.1. The predicted octanol–water partition coefficient (Wildman–Crippen LogP) is 3.50. The van der Waals surface area contributed by atoms with Gasteiger partial charge in [0.1, 0.15) is 0 Å². The zero-order valence-corrected chi connectivity index (χ0v) is 12.3. The van der Waals surface area contributed by atoms with E-state index in [1.807, 2.05) is 31.2 Å². The van der Waals surface area contributed by atoms with Crippen LogP contribution in [0.2, 0.25) is 5.02 Å². The summed E-state index contributed by atoms with van der Waals surface area (Å²) in [5.74, 6) is -0.0604. The average molecular weight is 289 g/mol. The number of rotatable bonds is 3. The molecule has 0 unspecified atom stereocenters. The molecular weight excluding hydrogens is 272 g/mol. The molecule has 0 radical (unpaired) electrons. The van der Waals surface area contributed by atoms with Crippen LogP contribution in [0.1, 0.15) is 21.5 Å². The lowest BCUT2D eigenvalue weighted by atomic mass is 10.1. The van der Waals surface area contributed by atoms with Crippen molar-refractivity contribution >= 4 is 23.2 Å². The summed E-state index contributed by atoms with van der Waals surface area (Å²) >= 11 is 6.12. The van der Waals surface area contributed by atoms with Crippen molar-refractivity contribution in [3.63, 3.8) is 0 Å². The van der Waals surface area contributed by atoms with Crippen LogP contribution in [0.3, 0.4) is 0 Å². The lowest BCUT2D eigenvalue weighted by Crippen LogP contribution is -2.27. The van der Waals surface area contributed by atoms with Crippen LogP contribution in [-0.2, 0) is 6.54 Å². The van der Waals surface area contributed by atoms with Gasteiger partial charge in [0.15, 0.2) is 0 Å². The first kappa shape index (κ1) is 14.4. The van der Waals surface area contributed by atoms with Crippen LogP contribution < -0.4 is 5.73 Å². The van der Waals surface area contributed by atoms with Gasteiger partial charge in [-0.05, 0) is 36.2 Å². The molecule has 4 heteroatoms. The van der Waals surface area contributed by atoms with Crippen LogP contribution in [0.15, 0.2) is 42.5 Å². The van der Waals surface area contributed by atoms with E-state index in [0.29, 0.717) is 22.8 Å². The van der Waals surface area contributed by atoms with E-state index in [0.717, 1.165) is 11.1 Å². The Balaban J connectivity index is 2.21. The number of nitrogens with two attached hydrogens (primary N) is 1. The molecule has 0 saturated carbocycles. The first-order valence-electron chi connectivity index (χ1n) is 6.34. The highest BCUT2D eigenvalue weighted by atomic mass is 35.5. The summed E-state index contributed by atoms with van der Waals surface area (Å²) in [5.41, 5.74) is 8.83. The highest BCUT2D eigenvalue weighted by Crippen LogP contribution is 2.20. The molecule has 104 valence electrons. The van der Waals surface area contributed by atoms with Gasteiger partial charge in [-0.1, -0.05) is 35.9 Å².